The number of hydrogen-bond donors (Lipinski definition) is 1. The summed E-state index contributed by atoms with van der Waals surface area (Å²) in [7, 11) is 3.81. The molecule has 5 nitrogen and oxygen atoms in total. The normalized spacial score (nSPS) is 18.2. The van der Waals surface area contributed by atoms with Crippen LogP contribution < -0.4 is 14.8 Å². The monoisotopic (exact) mass is 362 g/mol. The number of ether oxygens (including phenoxy) is 3. The fraction of sp³-hybridized carbons (Fsp3) is 0.474. The summed E-state index contributed by atoms with van der Waals surface area (Å²) in [5, 5.41) is 5.52. The second kappa shape index (κ2) is 9.20. The Morgan fingerprint density at radius 1 is 1.32 bits per heavy atom. The van der Waals surface area contributed by atoms with E-state index in [-0.39, 0.29) is 6.10 Å². The lowest BCUT2D eigenvalue weighted by atomic mass is 10.2. The van der Waals surface area contributed by atoms with E-state index in [1.807, 2.05) is 18.2 Å². The van der Waals surface area contributed by atoms with Crippen LogP contribution in [0.3, 0.4) is 0 Å². The van der Waals surface area contributed by atoms with Crippen LogP contribution in [-0.2, 0) is 17.9 Å². The SMILES string of the molecule is COc1cc(CNCC2CN(C)CCO2)ccc1OCc1cccs1. The first kappa shape index (κ1) is 18.2. The number of hydrogen-bond acceptors (Lipinski definition) is 6. The van der Waals surface area contributed by atoms with E-state index in [2.05, 4.69) is 34.8 Å². The highest BCUT2D eigenvalue weighted by molar-refractivity contribution is 7.09. The van der Waals surface area contributed by atoms with Gasteiger partial charge >= 0.3 is 0 Å². The van der Waals surface area contributed by atoms with Crippen LogP contribution in [0.2, 0.25) is 0 Å². The number of nitrogens with one attached hydrogen (secondary N) is 1. The number of benzene rings is 1. The van der Waals surface area contributed by atoms with Crippen LogP contribution in [0, 0.1) is 0 Å². The van der Waals surface area contributed by atoms with E-state index >= 15 is 0 Å². The number of thiophene rings is 1. The number of rotatable bonds is 8. The van der Waals surface area contributed by atoms with Crippen LogP contribution in [0.5, 0.6) is 11.5 Å². The molecule has 0 spiro atoms. The topological polar surface area (TPSA) is 43.0 Å². The van der Waals surface area contributed by atoms with Gasteiger partial charge in [0.25, 0.3) is 0 Å². The standard InChI is InChI=1S/C19H26N2O3S/c1-21-7-8-23-16(13-21)12-20-11-15-5-6-18(19(10-15)22-2)24-14-17-4-3-9-25-17/h3-6,9-10,16,20H,7-8,11-14H2,1-2H3. The molecule has 1 aliphatic rings. The van der Waals surface area contributed by atoms with Crippen molar-refractivity contribution in [2.75, 3.05) is 40.4 Å². The molecular weight excluding hydrogens is 336 g/mol. The Morgan fingerprint density at radius 3 is 3.00 bits per heavy atom. The highest BCUT2D eigenvalue weighted by Crippen LogP contribution is 2.29. The van der Waals surface area contributed by atoms with Crippen molar-refractivity contribution in [1.29, 1.82) is 0 Å². The van der Waals surface area contributed by atoms with Crippen molar-refractivity contribution in [3.63, 3.8) is 0 Å². The van der Waals surface area contributed by atoms with Crippen LogP contribution in [0.4, 0.5) is 0 Å². The molecule has 1 unspecified atom stereocenters. The summed E-state index contributed by atoms with van der Waals surface area (Å²) in [5.41, 5.74) is 1.17. The van der Waals surface area contributed by atoms with Crippen LogP contribution in [0.15, 0.2) is 35.7 Å². The number of morpholine rings is 1. The molecule has 1 aromatic heterocycles. The largest absolute Gasteiger partial charge is 0.493 e. The predicted molar refractivity (Wildman–Crippen MR) is 101 cm³/mol. The molecule has 136 valence electrons. The van der Waals surface area contributed by atoms with Gasteiger partial charge in [0.15, 0.2) is 11.5 Å². The molecule has 1 aliphatic heterocycles. The van der Waals surface area contributed by atoms with Gasteiger partial charge in [-0.05, 0) is 36.2 Å². The summed E-state index contributed by atoms with van der Waals surface area (Å²) in [6.45, 7) is 5.01. The second-order valence-electron chi connectivity index (χ2n) is 6.24. The van der Waals surface area contributed by atoms with E-state index in [1.165, 1.54) is 10.4 Å². The van der Waals surface area contributed by atoms with Crippen molar-refractivity contribution < 1.29 is 14.2 Å². The molecule has 1 fully saturated rings. The van der Waals surface area contributed by atoms with Gasteiger partial charge in [-0.3, -0.25) is 0 Å². The third kappa shape index (κ3) is 5.44. The molecule has 0 saturated carbocycles. The van der Waals surface area contributed by atoms with Crippen LogP contribution >= 0.6 is 11.3 Å². The average Bonchev–Trinajstić information content (AvgIpc) is 3.14. The predicted octanol–water partition coefficient (Wildman–Crippen LogP) is 2.76. The minimum absolute atomic E-state index is 0.258. The van der Waals surface area contributed by atoms with E-state index in [1.54, 1.807) is 18.4 Å². The Morgan fingerprint density at radius 2 is 2.24 bits per heavy atom. The van der Waals surface area contributed by atoms with Gasteiger partial charge in [0.05, 0.1) is 19.8 Å². The second-order valence-corrected chi connectivity index (χ2v) is 7.27. The lowest BCUT2D eigenvalue weighted by molar-refractivity contribution is -0.0182. The molecule has 3 rings (SSSR count). The molecule has 1 saturated heterocycles. The molecule has 2 aromatic rings. The Balaban J connectivity index is 1.50. The Labute approximate surface area is 153 Å². The van der Waals surface area contributed by atoms with Crippen molar-refractivity contribution in [2.45, 2.75) is 19.3 Å². The fourth-order valence-corrected chi connectivity index (χ4v) is 3.47. The maximum absolute atomic E-state index is 5.88. The zero-order valence-corrected chi connectivity index (χ0v) is 15.7. The number of likely N-dealkylation sites (N-methyl/N-ethyl adjacent to an activating group) is 1. The molecule has 0 radical (unpaired) electrons. The van der Waals surface area contributed by atoms with Crippen molar-refractivity contribution in [1.82, 2.24) is 10.2 Å². The molecule has 1 atom stereocenters. The minimum Gasteiger partial charge on any atom is -0.493 e. The Kier molecular flexibility index (Phi) is 6.69. The van der Waals surface area contributed by atoms with Gasteiger partial charge in [-0.15, -0.1) is 11.3 Å². The van der Waals surface area contributed by atoms with Crippen LogP contribution in [0.25, 0.3) is 0 Å². The summed E-state index contributed by atoms with van der Waals surface area (Å²) in [4.78, 5) is 3.50. The third-order valence-electron chi connectivity index (χ3n) is 4.22. The Bertz CT molecular complexity index is 648. The smallest absolute Gasteiger partial charge is 0.161 e. The summed E-state index contributed by atoms with van der Waals surface area (Å²) in [6, 6.07) is 10.2. The highest BCUT2D eigenvalue weighted by atomic mass is 32.1. The highest BCUT2D eigenvalue weighted by Gasteiger charge is 2.17. The average molecular weight is 362 g/mol. The van der Waals surface area contributed by atoms with Gasteiger partial charge in [0.1, 0.15) is 6.61 Å². The van der Waals surface area contributed by atoms with Crippen molar-refractivity contribution in [3.05, 3.63) is 46.2 Å². The van der Waals surface area contributed by atoms with Crippen molar-refractivity contribution >= 4 is 11.3 Å². The maximum Gasteiger partial charge on any atom is 0.161 e. The molecule has 1 aromatic carbocycles. The molecule has 25 heavy (non-hydrogen) atoms. The molecule has 2 heterocycles. The summed E-state index contributed by atoms with van der Waals surface area (Å²) < 4.78 is 17.1. The lowest BCUT2D eigenvalue weighted by Crippen LogP contribution is -2.44. The van der Waals surface area contributed by atoms with Crippen LogP contribution in [-0.4, -0.2) is 51.4 Å². The van der Waals surface area contributed by atoms with E-state index in [4.69, 9.17) is 14.2 Å². The minimum atomic E-state index is 0.258. The van der Waals surface area contributed by atoms with Gasteiger partial charge in [-0.25, -0.2) is 0 Å². The maximum atomic E-state index is 5.88. The third-order valence-corrected chi connectivity index (χ3v) is 5.07. The molecular formula is C19H26N2O3S. The van der Waals surface area contributed by atoms with Gasteiger partial charge in [-0.1, -0.05) is 12.1 Å². The van der Waals surface area contributed by atoms with E-state index in [9.17, 15) is 0 Å². The van der Waals surface area contributed by atoms with E-state index in [0.717, 1.165) is 44.3 Å². The van der Waals surface area contributed by atoms with Crippen LogP contribution in [0.1, 0.15) is 10.4 Å². The first-order chi connectivity index (χ1) is 12.2. The lowest BCUT2D eigenvalue weighted by Gasteiger charge is -2.30. The summed E-state index contributed by atoms with van der Waals surface area (Å²) in [6.07, 6.45) is 0.258. The fourth-order valence-electron chi connectivity index (χ4n) is 2.85. The van der Waals surface area contributed by atoms with Gasteiger partial charge in [-0.2, -0.15) is 0 Å². The molecule has 6 heteroatoms. The van der Waals surface area contributed by atoms with Gasteiger partial charge < -0.3 is 24.4 Å². The zero-order valence-electron chi connectivity index (χ0n) is 14.9. The summed E-state index contributed by atoms with van der Waals surface area (Å²) in [5.74, 6) is 1.54. The molecule has 0 amide bonds. The van der Waals surface area contributed by atoms with Gasteiger partial charge in [0.2, 0.25) is 0 Å². The number of nitrogens with zero attached hydrogens (tertiary/aromatic N) is 1. The molecule has 1 N–H and O–H groups in total. The quantitative estimate of drug-likeness (QED) is 0.782. The van der Waals surface area contributed by atoms with Gasteiger partial charge in [0, 0.05) is 31.1 Å². The van der Waals surface area contributed by atoms with Crippen molar-refractivity contribution in [2.24, 2.45) is 0 Å². The first-order valence-corrected chi connectivity index (χ1v) is 9.45. The van der Waals surface area contributed by atoms with Crippen molar-refractivity contribution in [3.8, 4) is 11.5 Å². The number of methoxy groups -OCH3 is 1. The summed E-state index contributed by atoms with van der Waals surface area (Å²) >= 11 is 1.69. The Hall–Kier alpha value is -1.60. The van der Waals surface area contributed by atoms with E-state index < -0.39 is 0 Å². The van der Waals surface area contributed by atoms with E-state index in [0.29, 0.717) is 6.61 Å². The molecule has 0 bridgehead atoms. The first-order valence-electron chi connectivity index (χ1n) is 8.57. The molecule has 0 aliphatic carbocycles. The zero-order chi connectivity index (χ0) is 17.5.